The molecule has 11 nitrogen and oxygen atoms in total. The van der Waals surface area contributed by atoms with Crippen LogP contribution in [0.15, 0.2) is 55.1 Å². The number of nitrogens with zero attached hydrogens (tertiary/aromatic N) is 7. The van der Waals surface area contributed by atoms with Crippen LogP contribution in [0.1, 0.15) is 12.5 Å². The largest absolute Gasteiger partial charge is 0.492 e. The molecule has 1 atom stereocenters. The molecule has 1 fully saturated rings. The van der Waals surface area contributed by atoms with E-state index < -0.39 is 0 Å². The molecule has 0 radical (unpaired) electrons. The van der Waals surface area contributed by atoms with Crippen molar-refractivity contribution in [2.45, 2.75) is 19.5 Å². The molecule has 1 aliphatic heterocycles. The zero-order valence-corrected chi connectivity index (χ0v) is 21.4. The minimum Gasteiger partial charge on any atom is -0.492 e. The van der Waals surface area contributed by atoms with Gasteiger partial charge < -0.3 is 19.5 Å². The summed E-state index contributed by atoms with van der Waals surface area (Å²) in [6.45, 7) is 5.64. The Morgan fingerprint density at radius 3 is 2.76 bits per heavy atom. The third kappa shape index (κ3) is 4.50. The van der Waals surface area contributed by atoms with Crippen LogP contribution in [0.4, 0.5) is 5.82 Å². The van der Waals surface area contributed by atoms with Crippen molar-refractivity contribution in [3.63, 3.8) is 0 Å². The number of anilines is 1. The second kappa shape index (κ2) is 10.3. The number of piperazine rings is 1. The number of pyridine rings is 3. The molecule has 1 aliphatic rings. The van der Waals surface area contributed by atoms with Gasteiger partial charge in [0.25, 0.3) is 0 Å². The standard InChI is InChI=1S/C27H30N8O3/c1-3-38-21-10-22(26-23-13-30-31-27(23)32-35(26)16-21)19-5-6-24(28-12-19)34-9-8-33(20(15-34)17-36)14-18-4-7-25(37-2)29-11-18/h4-7,10-13,16,20,36H,3,8-9,14-15,17H2,1-2H3,(H,31,32). The van der Waals surface area contributed by atoms with Crippen LogP contribution in [0.5, 0.6) is 11.6 Å². The molecule has 6 rings (SSSR count). The van der Waals surface area contributed by atoms with Gasteiger partial charge in [0.1, 0.15) is 11.6 Å². The summed E-state index contributed by atoms with van der Waals surface area (Å²) in [5.74, 6) is 2.22. The monoisotopic (exact) mass is 514 g/mol. The van der Waals surface area contributed by atoms with Crippen LogP contribution in [0.3, 0.4) is 0 Å². The number of aromatic nitrogens is 6. The average molecular weight is 515 g/mol. The van der Waals surface area contributed by atoms with Crippen LogP contribution < -0.4 is 14.4 Å². The van der Waals surface area contributed by atoms with Crippen LogP contribution in [0, 0.1) is 0 Å². The third-order valence-corrected chi connectivity index (χ3v) is 7.00. The molecule has 6 heterocycles. The minimum atomic E-state index is -0.00371. The molecule has 0 amide bonds. The van der Waals surface area contributed by atoms with Crippen molar-refractivity contribution in [3.05, 3.63) is 60.7 Å². The highest BCUT2D eigenvalue weighted by Crippen LogP contribution is 2.33. The van der Waals surface area contributed by atoms with Crippen molar-refractivity contribution >= 4 is 22.4 Å². The maximum Gasteiger partial charge on any atom is 0.212 e. The van der Waals surface area contributed by atoms with Crippen LogP contribution in [0.25, 0.3) is 27.7 Å². The van der Waals surface area contributed by atoms with E-state index in [-0.39, 0.29) is 12.6 Å². The Hall–Kier alpha value is -4.22. The first-order chi connectivity index (χ1) is 18.7. The summed E-state index contributed by atoms with van der Waals surface area (Å²) in [6, 6.07) is 10.0. The first-order valence-corrected chi connectivity index (χ1v) is 12.7. The SMILES string of the molecule is CCOc1cc(-c2ccc(N3CCN(Cc4ccc(OC)nc4)C(CO)C3)nc2)c2c3cn[nH]c3nn2c1. The van der Waals surface area contributed by atoms with Gasteiger partial charge in [-0.2, -0.15) is 5.10 Å². The van der Waals surface area contributed by atoms with E-state index in [1.807, 2.05) is 54.3 Å². The number of fused-ring (bicyclic) bond motifs is 3. The molecule has 0 aliphatic carbocycles. The van der Waals surface area contributed by atoms with E-state index in [0.717, 1.165) is 64.4 Å². The number of nitrogens with one attached hydrogen (secondary N) is 1. The van der Waals surface area contributed by atoms with E-state index in [4.69, 9.17) is 14.5 Å². The molecule has 196 valence electrons. The Morgan fingerprint density at radius 1 is 1.11 bits per heavy atom. The lowest BCUT2D eigenvalue weighted by Crippen LogP contribution is -2.54. The maximum absolute atomic E-state index is 10.1. The van der Waals surface area contributed by atoms with Crippen molar-refractivity contribution in [2.24, 2.45) is 0 Å². The lowest BCUT2D eigenvalue weighted by molar-refractivity contribution is 0.105. The fraction of sp³-hybridized carbons (Fsp3) is 0.333. The van der Waals surface area contributed by atoms with Gasteiger partial charge in [0.05, 0.1) is 49.7 Å². The summed E-state index contributed by atoms with van der Waals surface area (Å²) in [5.41, 5.74) is 4.71. The lowest BCUT2D eigenvalue weighted by atomic mass is 10.1. The smallest absolute Gasteiger partial charge is 0.212 e. The Balaban J connectivity index is 1.22. The third-order valence-electron chi connectivity index (χ3n) is 7.00. The minimum absolute atomic E-state index is 0.00371. The van der Waals surface area contributed by atoms with Gasteiger partial charge in [-0.1, -0.05) is 6.07 Å². The van der Waals surface area contributed by atoms with E-state index in [1.54, 1.807) is 13.3 Å². The Labute approximate surface area is 219 Å². The summed E-state index contributed by atoms with van der Waals surface area (Å²) >= 11 is 0. The number of H-pyrrole nitrogens is 1. The van der Waals surface area contributed by atoms with Crippen molar-refractivity contribution in [2.75, 3.05) is 44.9 Å². The van der Waals surface area contributed by atoms with Gasteiger partial charge in [0, 0.05) is 55.8 Å². The summed E-state index contributed by atoms with van der Waals surface area (Å²) in [4.78, 5) is 13.6. The van der Waals surface area contributed by atoms with Gasteiger partial charge in [-0.3, -0.25) is 10.00 Å². The Bertz CT molecular complexity index is 1530. The predicted molar refractivity (Wildman–Crippen MR) is 144 cm³/mol. The molecule has 0 aromatic carbocycles. The molecule has 38 heavy (non-hydrogen) atoms. The van der Waals surface area contributed by atoms with Crippen molar-refractivity contribution in [1.82, 2.24) is 34.7 Å². The number of rotatable bonds is 8. The number of aromatic amines is 1. The summed E-state index contributed by atoms with van der Waals surface area (Å²) in [5, 5.41) is 22.8. The zero-order chi connectivity index (χ0) is 26.1. The highest BCUT2D eigenvalue weighted by molar-refractivity contribution is 6.00. The molecule has 2 N–H and O–H groups in total. The van der Waals surface area contributed by atoms with Gasteiger partial charge in [0.2, 0.25) is 5.88 Å². The molecular weight excluding hydrogens is 484 g/mol. The zero-order valence-electron chi connectivity index (χ0n) is 21.4. The molecule has 1 saturated heterocycles. The van der Waals surface area contributed by atoms with E-state index in [1.165, 1.54) is 0 Å². The van der Waals surface area contributed by atoms with E-state index >= 15 is 0 Å². The highest BCUT2D eigenvalue weighted by atomic mass is 16.5. The Kier molecular flexibility index (Phi) is 6.52. The van der Waals surface area contributed by atoms with Crippen LogP contribution in [-0.4, -0.2) is 85.8 Å². The van der Waals surface area contributed by atoms with E-state index in [0.29, 0.717) is 19.0 Å². The predicted octanol–water partition coefficient (Wildman–Crippen LogP) is 2.76. The summed E-state index contributed by atoms with van der Waals surface area (Å²) in [7, 11) is 1.61. The van der Waals surface area contributed by atoms with E-state index in [2.05, 4.69) is 36.1 Å². The quantitative estimate of drug-likeness (QED) is 0.322. The lowest BCUT2D eigenvalue weighted by Gasteiger charge is -2.41. The molecule has 5 aromatic rings. The van der Waals surface area contributed by atoms with Crippen LogP contribution in [0.2, 0.25) is 0 Å². The first kappa shape index (κ1) is 24.1. The molecule has 5 aromatic heterocycles. The summed E-state index contributed by atoms with van der Waals surface area (Å²) in [6.07, 6.45) is 7.40. The fourth-order valence-electron chi connectivity index (χ4n) is 5.08. The number of aliphatic hydroxyl groups excluding tert-OH is 1. The molecular formula is C27H30N8O3. The van der Waals surface area contributed by atoms with Crippen molar-refractivity contribution < 1.29 is 14.6 Å². The topological polar surface area (TPSA) is 117 Å². The molecule has 1 unspecified atom stereocenters. The normalized spacial score (nSPS) is 16.4. The number of methoxy groups -OCH3 is 1. The van der Waals surface area contributed by atoms with Crippen LogP contribution in [-0.2, 0) is 6.54 Å². The maximum atomic E-state index is 10.1. The molecule has 0 spiro atoms. The first-order valence-electron chi connectivity index (χ1n) is 12.7. The number of ether oxygens (including phenoxy) is 2. The van der Waals surface area contributed by atoms with Gasteiger partial charge >= 0.3 is 0 Å². The van der Waals surface area contributed by atoms with E-state index in [9.17, 15) is 5.11 Å². The second-order valence-electron chi connectivity index (χ2n) is 9.31. The van der Waals surface area contributed by atoms with Crippen molar-refractivity contribution in [3.8, 4) is 22.8 Å². The number of hydrogen-bond donors (Lipinski definition) is 2. The molecule has 11 heteroatoms. The van der Waals surface area contributed by atoms with Gasteiger partial charge in [-0.15, -0.1) is 5.10 Å². The fourth-order valence-corrected chi connectivity index (χ4v) is 5.08. The van der Waals surface area contributed by atoms with Gasteiger partial charge in [-0.05, 0) is 30.7 Å². The number of hydrogen-bond acceptors (Lipinski definition) is 9. The van der Waals surface area contributed by atoms with Crippen LogP contribution >= 0.6 is 0 Å². The van der Waals surface area contributed by atoms with Crippen molar-refractivity contribution in [1.29, 1.82) is 0 Å². The molecule has 0 saturated carbocycles. The Morgan fingerprint density at radius 2 is 2.03 bits per heavy atom. The summed E-state index contributed by atoms with van der Waals surface area (Å²) < 4.78 is 12.8. The van der Waals surface area contributed by atoms with Gasteiger partial charge in [0.15, 0.2) is 5.65 Å². The second-order valence-corrected chi connectivity index (χ2v) is 9.31. The molecule has 0 bridgehead atoms. The number of aliphatic hydroxyl groups is 1. The highest BCUT2D eigenvalue weighted by Gasteiger charge is 2.27. The average Bonchev–Trinajstić information content (AvgIpc) is 3.55. The van der Waals surface area contributed by atoms with Gasteiger partial charge in [-0.25, -0.2) is 14.5 Å².